The first-order valence-corrected chi connectivity index (χ1v) is 12.3. The van der Waals surface area contributed by atoms with Crippen molar-refractivity contribution in [1.29, 1.82) is 0 Å². The van der Waals surface area contributed by atoms with Crippen molar-refractivity contribution >= 4 is 29.2 Å². The van der Waals surface area contributed by atoms with Gasteiger partial charge in [0.2, 0.25) is 5.91 Å². The second-order valence-electron chi connectivity index (χ2n) is 9.39. The summed E-state index contributed by atoms with van der Waals surface area (Å²) in [5, 5.41) is 0.0420. The van der Waals surface area contributed by atoms with Crippen LogP contribution in [0.15, 0.2) is 31.0 Å². The molecule has 36 heavy (non-hydrogen) atoms. The Hall–Kier alpha value is -3.24. The van der Waals surface area contributed by atoms with E-state index in [0.717, 1.165) is 13.1 Å². The first-order chi connectivity index (χ1) is 17.3. The lowest BCUT2D eigenvalue weighted by atomic mass is 10.1. The number of fused-ring (bicyclic) bond motifs is 2. The third-order valence-electron chi connectivity index (χ3n) is 7.02. The average Bonchev–Trinajstić information content (AvgIpc) is 3.01. The van der Waals surface area contributed by atoms with Gasteiger partial charge in [-0.25, -0.2) is 9.37 Å². The van der Waals surface area contributed by atoms with E-state index >= 15 is 0 Å². The number of hydrogen-bond acceptors (Lipinski definition) is 7. The highest BCUT2D eigenvalue weighted by Crippen LogP contribution is 2.44. The molecule has 0 unspecified atom stereocenters. The maximum atomic E-state index is 14.8. The zero-order chi connectivity index (χ0) is 25.6. The van der Waals surface area contributed by atoms with Gasteiger partial charge in [0.05, 0.1) is 6.04 Å². The molecule has 3 aliphatic rings. The van der Waals surface area contributed by atoms with Crippen LogP contribution in [0.2, 0.25) is 5.02 Å². The number of ether oxygens (including phenoxy) is 1. The number of amides is 2. The van der Waals surface area contributed by atoms with E-state index in [9.17, 15) is 14.0 Å². The maximum absolute atomic E-state index is 14.8. The fraction of sp³-hybridized carbons (Fsp3) is 0.440. The Morgan fingerprint density at radius 3 is 2.72 bits per heavy atom. The molecule has 0 aliphatic carbocycles. The molecule has 0 spiro atoms. The van der Waals surface area contributed by atoms with Crippen LogP contribution < -0.4 is 9.64 Å². The van der Waals surface area contributed by atoms with Gasteiger partial charge in [-0.1, -0.05) is 18.2 Å². The number of carbonyl (C=O) groups excluding carboxylic acids is 2. The number of aromatic nitrogens is 2. The van der Waals surface area contributed by atoms with Gasteiger partial charge in [0.1, 0.15) is 34.4 Å². The molecule has 2 fully saturated rings. The summed E-state index contributed by atoms with van der Waals surface area (Å²) in [6.07, 6.45) is 2.74. The molecule has 0 N–H and O–H groups in total. The number of likely N-dealkylation sites (N-methyl/N-ethyl adjacent to an activating group) is 1. The van der Waals surface area contributed by atoms with Crippen LogP contribution in [0.5, 0.6) is 5.75 Å². The molecule has 2 aromatic heterocycles. The molecule has 11 heteroatoms. The normalized spacial score (nSPS) is 22.4. The van der Waals surface area contributed by atoms with E-state index < -0.39 is 5.82 Å². The first-order valence-electron chi connectivity index (χ1n) is 11.9. The largest absolute Gasteiger partial charge is 0.489 e. The number of halogens is 2. The van der Waals surface area contributed by atoms with Crippen LogP contribution in [0.25, 0.3) is 11.4 Å². The number of rotatable bonds is 3. The molecule has 2 aromatic rings. The topological polar surface area (TPSA) is 82.1 Å². The molecule has 190 valence electrons. The lowest BCUT2D eigenvalue weighted by molar-refractivity contribution is -0.128. The van der Waals surface area contributed by atoms with Crippen molar-refractivity contribution in [3.05, 3.63) is 47.4 Å². The molecule has 5 heterocycles. The smallest absolute Gasteiger partial charge is 0.261 e. The molecule has 3 aliphatic heterocycles. The monoisotopic (exact) mass is 514 g/mol. The van der Waals surface area contributed by atoms with Gasteiger partial charge in [-0.2, -0.15) is 0 Å². The van der Waals surface area contributed by atoms with Crippen molar-refractivity contribution in [2.24, 2.45) is 0 Å². The SMILES string of the molecule is C=CC(=O)N1CCN2C(=O)c3c(N4CCN(C)C[C@@H]4C)nc(-c4ncccc4F)c(Cl)c3OC[C@H]2C1. The van der Waals surface area contributed by atoms with Crippen molar-refractivity contribution in [1.82, 2.24) is 24.7 Å². The number of carbonyl (C=O) groups is 2. The van der Waals surface area contributed by atoms with Gasteiger partial charge >= 0.3 is 0 Å². The zero-order valence-corrected chi connectivity index (χ0v) is 21.0. The van der Waals surface area contributed by atoms with Crippen LogP contribution in [0, 0.1) is 5.82 Å². The van der Waals surface area contributed by atoms with Crippen LogP contribution in [0.4, 0.5) is 10.2 Å². The van der Waals surface area contributed by atoms with Crippen molar-refractivity contribution in [2.75, 3.05) is 57.8 Å². The minimum atomic E-state index is -0.569. The highest BCUT2D eigenvalue weighted by molar-refractivity contribution is 6.35. The summed E-state index contributed by atoms with van der Waals surface area (Å²) >= 11 is 6.77. The van der Waals surface area contributed by atoms with Crippen molar-refractivity contribution in [2.45, 2.75) is 19.0 Å². The lowest BCUT2D eigenvalue weighted by Gasteiger charge is -2.41. The maximum Gasteiger partial charge on any atom is 0.261 e. The van der Waals surface area contributed by atoms with Crippen LogP contribution in [0.3, 0.4) is 0 Å². The van der Waals surface area contributed by atoms with Crippen molar-refractivity contribution in [3.8, 4) is 17.1 Å². The number of hydrogen-bond donors (Lipinski definition) is 0. The van der Waals surface area contributed by atoms with Gasteiger partial charge in [0.15, 0.2) is 11.6 Å². The van der Waals surface area contributed by atoms with Crippen molar-refractivity contribution in [3.63, 3.8) is 0 Å². The van der Waals surface area contributed by atoms with Crippen LogP contribution >= 0.6 is 11.6 Å². The number of anilines is 1. The summed E-state index contributed by atoms with van der Waals surface area (Å²) in [4.78, 5) is 42.8. The van der Waals surface area contributed by atoms with Crippen LogP contribution in [-0.2, 0) is 4.79 Å². The van der Waals surface area contributed by atoms with Crippen LogP contribution in [0.1, 0.15) is 17.3 Å². The highest BCUT2D eigenvalue weighted by atomic mass is 35.5. The Bertz CT molecular complexity index is 1230. The minimum absolute atomic E-state index is 0.00546. The molecule has 0 aromatic carbocycles. The minimum Gasteiger partial charge on any atom is -0.489 e. The predicted molar refractivity (Wildman–Crippen MR) is 134 cm³/mol. The second-order valence-corrected chi connectivity index (χ2v) is 9.77. The van der Waals surface area contributed by atoms with Gasteiger partial charge in [0.25, 0.3) is 5.91 Å². The molecule has 0 radical (unpaired) electrons. The Kier molecular flexibility index (Phi) is 6.57. The highest BCUT2D eigenvalue weighted by Gasteiger charge is 2.41. The summed E-state index contributed by atoms with van der Waals surface area (Å²) in [5.41, 5.74) is 0.391. The summed E-state index contributed by atoms with van der Waals surface area (Å²) < 4.78 is 21.0. The summed E-state index contributed by atoms with van der Waals surface area (Å²) in [6.45, 7) is 8.98. The fourth-order valence-electron chi connectivity index (χ4n) is 5.15. The second kappa shape index (κ2) is 9.67. The van der Waals surface area contributed by atoms with Gasteiger partial charge in [-0.05, 0) is 32.2 Å². The Morgan fingerprint density at radius 1 is 1.22 bits per heavy atom. The quantitative estimate of drug-likeness (QED) is 0.581. The fourth-order valence-corrected chi connectivity index (χ4v) is 5.44. The van der Waals surface area contributed by atoms with E-state index in [4.69, 9.17) is 21.3 Å². The molecular weight excluding hydrogens is 487 g/mol. The number of pyridine rings is 2. The molecular formula is C25H28ClFN6O3. The van der Waals surface area contributed by atoms with E-state index in [-0.39, 0.29) is 58.2 Å². The molecule has 0 saturated carbocycles. The summed E-state index contributed by atoms with van der Waals surface area (Å²) in [5.74, 6) is -0.440. The van der Waals surface area contributed by atoms with E-state index in [0.29, 0.717) is 32.0 Å². The average molecular weight is 515 g/mol. The molecule has 2 atom stereocenters. The predicted octanol–water partition coefficient (Wildman–Crippen LogP) is 2.31. The Morgan fingerprint density at radius 2 is 2.00 bits per heavy atom. The third-order valence-corrected chi connectivity index (χ3v) is 7.38. The first kappa shape index (κ1) is 24.5. The van der Waals surface area contributed by atoms with E-state index in [1.54, 1.807) is 9.80 Å². The summed E-state index contributed by atoms with van der Waals surface area (Å²) in [6, 6.07) is 2.46. The standard InChI is InChI=1S/C25H28ClFN6O3/c1-4-18(34)31-9-11-33-16(13-31)14-36-23-19(25(33)35)24(32-10-8-30(3)12-15(32)2)29-22(20(23)26)21-17(27)6-5-7-28-21/h4-7,15-16H,1,8-14H2,2-3H3/t15-,16+/m0/s1. The molecule has 0 bridgehead atoms. The zero-order valence-electron chi connectivity index (χ0n) is 20.3. The Labute approximate surface area is 214 Å². The van der Waals surface area contributed by atoms with E-state index in [2.05, 4.69) is 28.3 Å². The number of piperazine rings is 2. The number of nitrogens with zero attached hydrogens (tertiary/aromatic N) is 6. The third kappa shape index (κ3) is 4.18. The van der Waals surface area contributed by atoms with E-state index in [1.165, 1.54) is 24.4 Å². The summed E-state index contributed by atoms with van der Waals surface area (Å²) in [7, 11) is 2.04. The van der Waals surface area contributed by atoms with Gasteiger partial charge in [-0.3, -0.25) is 14.6 Å². The van der Waals surface area contributed by atoms with E-state index in [1.807, 2.05) is 7.05 Å². The van der Waals surface area contributed by atoms with Gasteiger partial charge in [-0.15, -0.1) is 0 Å². The molecule has 2 saturated heterocycles. The molecule has 5 rings (SSSR count). The molecule has 9 nitrogen and oxygen atoms in total. The Balaban J connectivity index is 1.64. The van der Waals surface area contributed by atoms with Gasteiger partial charge in [0, 0.05) is 51.5 Å². The lowest BCUT2D eigenvalue weighted by Crippen LogP contribution is -2.57. The van der Waals surface area contributed by atoms with Crippen LogP contribution in [-0.4, -0.2) is 101 Å². The van der Waals surface area contributed by atoms with Crippen molar-refractivity contribution < 1.29 is 18.7 Å². The molecule has 2 amide bonds. The van der Waals surface area contributed by atoms with Gasteiger partial charge < -0.3 is 24.3 Å².